The number of pyridine rings is 1. The van der Waals surface area contributed by atoms with Gasteiger partial charge < -0.3 is 4.42 Å². The monoisotopic (exact) mass is 651 g/mol. The molecule has 0 bridgehead atoms. The van der Waals surface area contributed by atoms with Crippen LogP contribution in [0.25, 0.3) is 99.9 Å². The zero-order valence-corrected chi connectivity index (χ0v) is 27.5. The summed E-state index contributed by atoms with van der Waals surface area (Å²) in [6.07, 6.45) is 0. The van der Waals surface area contributed by atoms with Gasteiger partial charge in [0.2, 0.25) is 0 Å². The van der Waals surface area contributed by atoms with Crippen LogP contribution in [-0.4, -0.2) is 15.0 Å². The van der Waals surface area contributed by atoms with E-state index in [9.17, 15) is 0 Å². The summed E-state index contributed by atoms with van der Waals surface area (Å²) in [6.45, 7) is 0. The van der Waals surface area contributed by atoms with Crippen LogP contribution in [-0.2, 0) is 0 Å². The molecule has 0 aliphatic rings. The number of aromatic nitrogens is 3. The van der Waals surface area contributed by atoms with Crippen LogP contribution < -0.4 is 0 Å². The van der Waals surface area contributed by atoms with Gasteiger partial charge in [-0.05, 0) is 35.4 Å². The molecule has 0 N–H and O–H groups in total. The van der Waals surface area contributed by atoms with Crippen LogP contribution in [0.4, 0.5) is 0 Å². The molecule has 0 radical (unpaired) electrons. The molecule has 51 heavy (non-hydrogen) atoms. The van der Waals surface area contributed by atoms with Crippen LogP contribution in [0.1, 0.15) is 0 Å². The predicted molar refractivity (Wildman–Crippen MR) is 209 cm³/mol. The molecule has 0 saturated heterocycles. The summed E-state index contributed by atoms with van der Waals surface area (Å²) in [6, 6.07) is 60.8. The van der Waals surface area contributed by atoms with Crippen LogP contribution in [0.3, 0.4) is 0 Å². The van der Waals surface area contributed by atoms with Gasteiger partial charge in [-0.15, -0.1) is 0 Å². The minimum atomic E-state index is 0.711. The summed E-state index contributed by atoms with van der Waals surface area (Å²) in [7, 11) is 0. The molecule has 3 heterocycles. The molecule has 0 fully saturated rings. The highest BCUT2D eigenvalue weighted by Gasteiger charge is 2.17. The lowest BCUT2D eigenvalue weighted by atomic mass is 9.96. The van der Waals surface area contributed by atoms with Gasteiger partial charge >= 0.3 is 0 Å². The van der Waals surface area contributed by atoms with Crippen molar-refractivity contribution in [3.8, 4) is 56.3 Å². The van der Waals surface area contributed by atoms with Crippen molar-refractivity contribution in [2.24, 2.45) is 0 Å². The number of rotatable bonds is 5. The first-order chi connectivity index (χ1) is 25.3. The van der Waals surface area contributed by atoms with Gasteiger partial charge in [0.25, 0.3) is 0 Å². The van der Waals surface area contributed by atoms with E-state index in [1.165, 1.54) is 0 Å². The molecule has 0 amide bonds. The van der Waals surface area contributed by atoms with Crippen molar-refractivity contribution < 1.29 is 4.42 Å². The van der Waals surface area contributed by atoms with Gasteiger partial charge in [-0.3, -0.25) is 0 Å². The van der Waals surface area contributed by atoms with Crippen LogP contribution in [0.2, 0.25) is 0 Å². The first-order valence-corrected chi connectivity index (χ1v) is 17.1. The summed E-state index contributed by atoms with van der Waals surface area (Å²) >= 11 is 0. The molecule has 10 aromatic rings. The highest BCUT2D eigenvalue weighted by atomic mass is 16.3. The van der Waals surface area contributed by atoms with Crippen LogP contribution in [0.15, 0.2) is 180 Å². The lowest BCUT2D eigenvalue weighted by Gasteiger charge is -2.12. The smallest absolute Gasteiger partial charge is 0.160 e. The first kappa shape index (κ1) is 29.0. The normalized spacial score (nSPS) is 11.5. The first-order valence-electron chi connectivity index (χ1n) is 17.1. The van der Waals surface area contributed by atoms with E-state index in [1.54, 1.807) is 0 Å². The molecule has 3 aromatic heterocycles. The van der Waals surface area contributed by atoms with Crippen LogP contribution >= 0.6 is 0 Å². The molecule has 7 aromatic carbocycles. The number of furan rings is 1. The predicted octanol–water partition coefficient (Wildman–Crippen LogP) is 12.4. The molecule has 4 heteroatoms. The van der Waals surface area contributed by atoms with Crippen molar-refractivity contribution in [1.29, 1.82) is 0 Å². The summed E-state index contributed by atoms with van der Waals surface area (Å²) < 4.78 is 6.51. The second kappa shape index (κ2) is 11.9. The second-order valence-electron chi connectivity index (χ2n) is 12.8. The Bertz CT molecular complexity index is 2820. The van der Waals surface area contributed by atoms with Crippen LogP contribution in [0.5, 0.6) is 0 Å². The number of para-hydroxylation sites is 2. The fourth-order valence-corrected chi connectivity index (χ4v) is 7.16. The molecular weight excluding hydrogens is 623 g/mol. The van der Waals surface area contributed by atoms with Gasteiger partial charge in [-0.1, -0.05) is 152 Å². The number of nitrogens with zero attached hydrogens (tertiary/aromatic N) is 3. The molecule has 0 aliphatic heterocycles. The zero-order valence-electron chi connectivity index (χ0n) is 27.5. The van der Waals surface area contributed by atoms with Gasteiger partial charge in [0.1, 0.15) is 11.2 Å². The van der Waals surface area contributed by atoms with Crippen molar-refractivity contribution in [3.63, 3.8) is 0 Å². The Morgan fingerprint density at radius 1 is 0.353 bits per heavy atom. The summed E-state index contributed by atoms with van der Waals surface area (Å²) in [5.41, 5.74) is 11.9. The number of hydrogen-bond acceptors (Lipinski definition) is 4. The van der Waals surface area contributed by atoms with Gasteiger partial charge in [0.15, 0.2) is 5.82 Å². The maximum Gasteiger partial charge on any atom is 0.160 e. The quantitative estimate of drug-likeness (QED) is 0.174. The highest BCUT2D eigenvalue weighted by molar-refractivity contribution is 6.24. The van der Waals surface area contributed by atoms with Crippen molar-refractivity contribution in [1.82, 2.24) is 15.0 Å². The van der Waals surface area contributed by atoms with E-state index >= 15 is 0 Å². The topological polar surface area (TPSA) is 51.8 Å². The van der Waals surface area contributed by atoms with Crippen molar-refractivity contribution in [2.45, 2.75) is 0 Å². The maximum absolute atomic E-state index is 6.51. The number of fused-ring (bicyclic) bond motifs is 7. The van der Waals surface area contributed by atoms with Gasteiger partial charge in [0, 0.05) is 49.2 Å². The largest absolute Gasteiger partial charge is 0.455 e. The Morgan fingerprint density at radius 3 is 1.59 bits per heavy atom. The number of benzene rings is 7. The molecule has 10 rings (SSSR count). The summed E-state index contributed by atoms with van der Waals surface area (Å²) in [5, 5.41) is 5.51. The van der Waals surface area contributed by atoms with E-state index in [1.807, 2.05) is 54.6 Å². The van der Waals surface area contributed by atoms with E-state index in [4.69, 9.17) is 19.4 Å². The SMILES string of the molecule is c1ccc(-c2cc(-c3ccc(-c4ccc(-c5nc6ccccc6c6c5ccc5c7ccccc7oc56)cc4)cc3)nc(-c3ccccc3)n2)cc1. The summed E-state index contributed by atoms with van der Waals surface area (Å²) in [4.78, 5) is 15.1. The third-order valence-corrected chi connectivity index (χ3v) is 9.71. The minimum absolute atomic E-state index is 0.711. The fourth-order valence-electron chi connectivity index (χ4n) is 7.16. The molecule has 238 valence electrons. The molecule has 0 unspecified atom stereocenters. The zero-order chi connectivity index (χ0) is 33.7. The van der Waals surface area contributed by atoms with E-state index in [0.717, 1.165) is 94.1 Å². The van der Waals surface area contributed by atoms with Gasteiger partial charge in [-0.25, -0.2) is 15.0 Å². The molecule has 0 atom stereocenters. The van der Waals surface area contributed by atoms with Crippen molar-refractivity contribution in [3.05, 3.63) is 176 Å². The third kappa shape index (κ3) is 5.04. The Kier molecular flexibility index (Phi) is 6.78. The van der Waals surface area contributed by atoms with Crippen LogP contribution in [0, 0.1) is 0 Å². The fraction of sp³-hybridized carbons (Fsp3) is 0. The summed E-state index contributed by atoms with van der Waals surface area (Å²) in [5.74, 6) is 0.711. The molecule has 4 nitrogen and oxygen atoms in total. The Morgan fingerprint density at radius 2 is 0.882 bits per heavy atom. The van der Waals surface area contributed by atoms with E-state index < -0.39 is 0 Å². The lowest BCUT2D eigenvalue weighted by Crippen LogP contribution is -1.95. The standard InChI is InChI=1S/C47H29N3O/c1-3-11-32(12-4-1)41-29-42(50-47(49-41)35-13-5-2-6-14-35)33-23-19-30(20-24-33)31-21-25-34(26-22-31)45-39-28-27-37-36-15-8-10-18-43(36)51-46(37)44(39)38-16-7-9-17-40(38)48-45/h1-29H. The molecular formula is C47H29N3O. The van der Waals surface area contributed by atoms with E-state index in [0.29, 0.717) is 5.82 Å². The third-order valence-electron chi connectivity index (χ3n) is 9.71. The molecule has 0 spiro atoms. The maximum atomic E-state index is 6.51. The minimum Gasteiger partial charge on any atom is -0.455 e. The average Bonchev–Trinajstić information content (AvgIpc) is 3.60. The van der Waals surface area contributed by atoms with E-state index in [-0.39, 0.29) is 0 Å². The van der Waals surface area contributed by atoms with Gasteiger partial charge in [0.05, 0.1) is 22.6 Å². The lowest BCUT2D eigenvalue weighted by molar-refractivity contribution is 0.673. The Balaban J connectivity index is 1.03. The van der Waals surface area contributed by atoms with Gasteiger partial charge in [-0.2, -0.15) is 0 Å². The molecule has 0 saturated carbocycles. The second-order valence-corrected chi connectivity index (χ2v) is 12.8. The Hall–Kier alpha value is -6.91. The Labute approximate surface area is 294 Å². The highest BCUT2D eigenvalue weighted by Crippen LogP contribution is 2.41. The van der Waals surface area contributed by atoms with E-state index in [2.05, 4.69) is 121 Å². The van der Waals surface area contributed by atoms with Crippen molar-refractivity contribution in [2.75, 3.05) is 0 Å². The van der Waals surface area contributed by atoms with Crippen molar-refractivity contribution >= 4 is 43.6 Å². The molecule has 0 aliphatic carbocycles. The average molecular weight is 652 g/mol. The number of hydrogen-bond donors (Lipinski definition) is 0.